The van der Waals surface area contributed by atoms with Gasteiger partial charge in [0.1, 0.15) is 25.4 Å². The molecule has 8 heteroatoms. The first kappa shape index (κ1) is 33.2. The van der Waals surface area contributed by atoms with Crippen molar-refractivity contribution in [1.29, 1.82) is 0 Å². The monoisotopic (exact) mass is 613 g/mol. The van der Waals surface area contributed by atoms with E-state index in [1.807, 2.05) is 6.08 Å². The van der Waals surface area contributed by atoms with E-state index in [1.54, 1.807) is 11.6 Å². The molecule has 0 aromatic heterocycles. The molecule has 0 aromatic carbocycles. The number of carbonyl (C=O) groups is 2. The van der Waals surface area contributed by atoms with Crippen molar-refractivity contribution in [3.63, 3.8) is 0 Å². The van der Waals surface area contributed by atoms with Gasteiger partial charge in [-0.3, -0.25) is 9.59 Å². The minimum absolute atomic E-state index is 0.00669. The highest BCUT2D eigenvalue weighted by atomic mass is 16.7. The Balaban J connectivity index is 1.21. The van der Waals surface area contributed by atoms with Crippen molar-refractivity contribution in [2.24, 2.45) is 39.7 Å². The Morgan fingerprint density at radius 2 is 1.82 bits per heavy atom. The molecule has 3 saturated carbocycles. The summed E-state index contributed by atoms with van der Waals surface area (Å²) in [6.07, 6.45) is 17.2. The van der Waals surface area contributed by atoms with Gasteiger partial charge in [0, 0.05) is 19.8 Å². The molecule has 1 unspecified atom stereocenters. The Kier molecular flexibility index (Phi) is 10.6. The van der Waals surface area contributed by atoms with E-state index in [-0.39, 0.29) is 18.1 Å². The number of ether oxygens (including phenoxy) is 4. The van der Waals surface area contributed by atoms with Gasteiger partial charge in [0.15, 0.2) is 6.29 Å². The third-order valence-corrected chi connectivity index (χ3v) is 11.8. The molecule has 8 nitrogen and oxygen atoms in total. The van der Waals surface area contributed by atoms with Crippen LogP contribution in [0, 0.1) is 34.5 Å². The molecule has 10 atom stereocenters. The quantitative estimate of drug-likeness (QED) is 0.0793. The summed E-state index contributed by atoms with van der Waals surface area (Å²) in [4.78, 5) is 28.8. The van der Waals surface area contributed by atoms with Gasteiger partial charge in [-0.2, -0.15) is 0 Å². The third kappa shape index (κ3) is 6.96. The minimum Gasteiger partial charge on any atom is -0.463 e. The van der Waals surface area contributed by atoms with Crippen LogP contribution in [-0.4, -0.2) is 55.5 Å². The average molecular weight is 614 g/mol. The summed E-state index contributed by atoms with van der Waals surface area (Å²) in [5, 5.41) is 4.62. The molecule has 0 N–H and O–H groups in total. The van der Waals surface area contributed by atoms with Crippen LogP contribution in [0.4, 0.5) is 0 Å². The van der Waals surface area contributed by atoms with Gasteiger partial charge in [-0.1, -0.05) is 50.4 Å². The number of esters is 2. The van der Waals surface area contributed by atoms with E-state index in [0.717, 1.165) is 50.5 Å². The van der Waals surface area contributed by atoms with Crippen molar-refractivity contribution in [3.8, 4) is 0 Å². The molecular weight excluding hydrogens is 558 g/mol. The van der Waals surface area contributed by atoms with Crippen LogP contribution in [-0.2, 0) is 33.4 Å². The Morgan fingerprint density at radius 3 is 2.57 bits per heavy atom. The smallest absolute Gasteiger partial charge is 0.303 e. The summed E-state index contributed by atoms with van der Waals surface area (Å²) in [6, 6.07) is 0. The lowest BCUT2D eigenvalue weighted by molar-refractivity contribution is -0.213. The number of rotatable bonds is 11. The lowest BCUT2D eigenvalue weighted by atomic mass is 9.47. The molecule has 246 valence electrons. The van der Waals surface area contributed by atoms with E-state index in [4.69, 9.17) is 23.8 Å². The number of allylic oxidation sites excluding steroid dienone is 1. The highest BCUT2D eigenvalue weighted by Crippen LogP contribution is 2.66. The van der Waals surface area contributed by atoms with Crippen LogP contribution in [0.15, 0.2) is 29.0 Å². The normalized spacial score (nSPS) is 39.9. The fourth-order valence-electron chi connectivity index (χ4n) is 9.58. The van der Waals surface area contributed by atoms with Crippen molar-refractivity contribution in [3.05, 3.63) is 23.8 Å². The van der Waals surface area contributed by atoms with Crippen molar-refractivity contribution in [2.75, 3.05) is 13.2 Å². The Morgan fingerprint density at radius 1 is 1.00 bits per heavy atom. The van der Waals surface area contributed by atoms with E-state index in [2.05, 4.69) is 38.9 Å². The van der Waals surface area contributed by atoms with Gasteiger partial charge in [0.25, 0.3) is 0 Å². The molecule has 44 heavy (non-hydrogen) atoms. The van der Waals surface area contributed by atoms with Gasteiger partial charge < -0.3 is 23.8 Å². The molecule has 0 amide bonds. The summed E-state index contributed by atoms with van der Waals surface area (Å²) >= 11 is 0. The average Bonchev–Trinajstić information content (AvgIpc) is 3.34. The molecule has 5 aliphatic rings. The highest BCUT2D eigenvalue weighted by molar-refractivity contribution is 5.85. The summed E-state index contributed by atoms with van der Waals surface area (Å²) in [5.41, 5.74) is 3.28. The second-order valence-corrected chi connectivity index (χ2v) is 14.5. The maximum Gasteiger partial charge on any atom is 0.303 e. The number of oxime groups is 1. The zero-order valence-corrected chi connectivity index (χ0v) is 27.8. The number of nitrogens with zero attached hydrogens (tertiary/aromatic N) is 1. The Hall–Kier alpha value is -2.19. The molecule has 0 spiro atoms. The summed E-state index contributed by atoms with van der Waals surface area (Å²) < 4.78 is 23.2. The van der Waals surface area contributed by atoms with Gasteiger partial charge in [-0.15, -0.1) is 0 Å². The molecule has 1 heterocycles. The first-order valence-corrected chi connectivity index (χ1v) is 17.2. The lowest BCUT2D eigenvalue weighted by Gasteiger charge is -2.58. The molecular formula is C36H55NO7. The van der Waals surface area contributed by atoms with Crippen LogP contribution in [0.2, 0.25) is 0 Å². The molecule has 0 bridgehead atoms. The largest absolute Gasteiger partial charge is 0.463 e. The van der Waals surface area contributed by atoms with Crippen molar-refractivity contribution in [1.82, 2.24) is 0 Å². The van der Waals surface area contributed by atoms with Gasteiger partial charge >= 0.3 is 11.9 Å². The third-order valence-electron chi connectivity index (χ3n) is 11.8. The van der Waals surface area contributed by atoms with E-state index in [9.17, 15) is 9.59 Å². The standard InChI is InChI=1S/C36H55NO7/c1-7-8-9-20-41-37-23(2)29-12-13-30-28-11-10-26-21-27(16-18-35(26,5)31(28)17-19-36(29,30)6)43-34-15-14-32(42-25(4)39)33(44-34)22-40-24(3)38/h10,14-15,27-34H,7-9,11-13,16-22H2,1-6H3/b37-23+/t27-,28-,29+,30-,31-,32-,33+,34?,35-,36+/m0/s1. The fraction of sp³-hybridized carbons (Fsp3) is 0.806. The minimum atomic E-state index is -0.611. The van der Waals surface area contributed by atoms with Crippen LogP contribution < -0.4 is 0 Å². The first-order valence-electron chi connectivity index (χ1n) is 17.2. The lowest BCUT2D eigenvalue weighted by Crippen LogP contribution is -2.51. The topological polar surface area (TPSA) is 92.6 Å². The SMILES string of the molecule is CCCCCO/N=C(\C)[C@H]1CC[C@H]2[C@@H]3CC=C4C[C@@H](OC5C=C[C@H](OC(C)=O)[C@@H](COC(C)=O)O5)CC[C@]4(C)[C@H]3CC[C@]12C. The summed E-state index contributed by atoms with van der Waals surface area (Å²) in [5.74, 6) is 1.90. The number of hydrogen-bond donors (Lipinski definition) is 0. The van der Waals surface area contributed by atoms with Crippen LogP contribution in [0.25, 0.3) is 0 Å². The Labute approximate surface area is 264 Å². The van der Waals surface area contributed by atoms with E-state index in [1.165, 1.54) is 58.1 Å². The van der Waals surface area contributed by atoms with Crippen molar-refractivity contribution < 1.29 is 33.4 Å². The fourth-order valence-corrected chi connectivity index (χ4v) is 9.58. The highest BCUT2D eigenvalue weighted by Gasteiger charge is 2.59. The molecule has 4 aliphatic carbocycles. The maximum atomic E-state index is 11.6. The van der Waals surface area contributed by atoms with Gasteiger partial charge in [0.05, 0.1) is 11.8 Å². The van der Waals surface area contributed by atoms with Crippen LogP contribution in [0.5, 0.6) is 0 Å². The summed E-state index contributed by atoms with van der Waals surface area (Å²) in [7, 11) is 0. The zero-order valence-electron chi connectivity index (χ0n) is 27.8. The molecule has 0 saturated heterocycles. The Bertz CT molecular complexity index is 1130. The van der Waals surface area contributed by atoms with Crippen molar-refractivity contribution >= 4 is 17.7 Å². The molecule has 5 rings (SSSR count). The molecule has 0 aromatic rings. The molecule has 1 aliphatic heterocycles. The second-order valence-electron chi connectivity index (χ2n) is 14.5. The van der Waals surface area contributed by atoms with Crippen LogP contribution >= 0.6 is 0 Å². The van der Waals surface area contributed by atoms with Crippen LogP contribution in [0.3, 0.4) is 0 Å². The maximum absolute atomic E-state index is 11.6. The van der Waals surface area contributed by atoms with Crippen LogP contribution in [0.1, 0.15) is 112 Å². The van der Waals surface area contributed by atoms with Gasteiger partial charge in [-0.25, -0.2) is 0 Å². The predicted octanol–water partition coefficient (Wildman–Crippen LogP) is 7.31. The number of fused-ring (bicyclic) bond motifs is 5. The predicted molar refractivity (Wildman–Crippen MR) is 169 cm³/mol. The first-order chi connectivity index (χ1) is 21.0. The van der Waals surface area contributed by atoms with E-state index < -0.39 is 30.4 Å². The van der Waals surface area contributed by atoms with Crippen molar-refractivity contribution in [2.45, 2.75) is 137 Å². The molecule has 3 fully saturated rings. The number of hydrogen-bond acceptors (Lipinski definition) is 8. The molecule has 0 radical (unpaired) electrons. The zero-order chi connectivity index (χ0) is 31.5. The second kappa shape index (κ2) is 14.1. The number of carbonyl (C=O) groups excluding carboxylic acids is 2. The summed E-state index contributed by atoms with van der Waals surface area (Å²) in [6.45, 7) is 12.9. The number of unbranched alkanes of at least 4 members (excludes halogenated alkanes) is 2. The van der Waals surface area contributed by atoms with Gasteiger partial charge in [-0.05, 0) is 105 Å². The van der Waals surface area contributed by atoms with E-state index in [0.29, 0.717) is 17.3 Å². The van der Waals surface area contributed by atoms with Gasteiger partial charge in [0.2, 0.25) is 0 Å². The van der Waals surface area contributed by atoms with E-state index >= 15 is 0 Å².